The second kappa shape index (κ2) is 8.53. The summed E-state index contributed by atoms with van der Waals surface area (Å²) in [6.07, 6.45) is 3.06. The number of hydrogen-bond acceptors (Lipinski definition) is 4. The van der Waals surface area contributed by atoms with Gasteiger partial charge < -0.3 is 10.4 Å². The lowest BCUT2D eigenvalue weighted by Crippen LogP contribution is -2.39. The van der Waals surface area contributed by atoms with Crippen LogP contribution in [0.5, 0.6) is 0 Å². The minimum Gasteiger partial charge on any atom is -0.480 e. The summed E-state index contributed by atoms with van der Waals surface area (Å²) < 4.78 is 0. The number of pyridine rings is 1. The Kier molecular flexibility index (Phi) is 6.95. The Bertz CT molecular complexity index is 412. The Morgan fingerprint density at radius 2 is 2.21 bits per heavy atom. The maximum Gasteiger partial charge on any atom is 0.326 e. The van der Waals surface area contributed by atoms with Gasteiger partial charge in [0.1, 0.15) is 6.04 Å². The summed E-state index contributed by atoms with van der Waals surface area (Å²) in [6, 6.07) is 5.00. The Balaban J connectivity index is 2.18. The van der Waals surface area contributed by atoms with E-state index >= 15 is 0 Å². The SMILES string of the molecule is CC(=O)NC(CCSCCc1ccccn1)C(=O)O. The topological polar surface area (TPSA) is 79.3 Å². The molecule has 1 heterocycles. The molecule has 6 heteroatoms. The van der Waals surface area contributed by atoms with Crippen molar-refractivity contribution in [3.63, 3.8) is 0 Å². The van der Waals surface area contributed by atoms with E-state index < -0.39 is 12.0 Å². The second-order valence-electron chi connectivity index (χ2n) is 4.06. The number of aliphatic carboxylic acids is 1. The fourth-order valence-electron chi connectivity index (χ4n) is 1.53. The molecule has 1 aromatic heterocycles. The molecule has 0 bridgehead atoms. The van der Waals surface area contributed by atoms with Crippen LogP contribution in [0.1, 0.15) is 19.0 Å². The van der Waals surface area contributed by atoms with Crippen LogP contribution in [-0.2, 0) is 16.0 Å². The van der Waals surface area contributed by atoms with E-state index in [1.807, 2.05) is 18.2 Å². The van der Waals surface area contributed by atoms with E-state index in [0.29, 0.717) is 12.2 Å². The third-order valence-corrected chi connectivity index (χ3v) is 3.47. The molecule has 1 aromatic rings. The van der Waals surface area contributed by atoms with E-state index in [1.165, 1.54) is 6.92 Å². The monoisotopic (exact) mass is 282 g/mol. The largest absolute Gasteiger partial charge is 0.480 e. The average Bonchev–Trinajstić information content (AvgIpc) is 2.37. The van der Waals surface area contributed by atoms with Crippen molar-refractivity contribution in [3.05, 3.63) is 30.1 Å². The van der Waals surface area contributed by atoms with Crippen molar-refractivity contribution in [2.45, 2.75) is 25.8 Å². The number of rotatable bonds is 8. The van der Waals surface area contributed by atoms with Crippen LogP contribution in [0.3, 0.4) is 0 Å². The number of nitrogens with zero attached hydrogens (tertiary/aromatic N) is 1. The number of carboxylic acid groups (broad SMARTS) is 1. The summed E-state index contributed by atoms with van der Waals surface area (Å²) in [6.45, 7) is 1.32. The summed E-state index contributed by atoms with van der Waals surface area (Å²) in [5, 5.41) is 11.3. The smallest absolute Gasteiger partial charge is 0.326 e. The first kappa shape index (κ1) is 15.5. The highest BCUT2D eigenvalue weighted by Crippen LogP contribution is 2.08. The second-order valence-corrected chi connectivity index (χ2v) is 5.29. The van der Waals surface area contributed by atoms with Gasteiger partial charge in [-0.2, -0.15) is 11.8 Å². The lowest BCUT2D eigenvalue weighted by atomic mass is 10.2. The molecule has 0 aliphatic carbocycles. The molecule has 1 rings (SSSR count). The number of aromatic nitrogens is 1. The number of carboxylic acids is 1. The number of aryl methyl sites for hydroxylation is 1. The van der Waals surface area contributed by atoms with E-state index in [9.17, 15) is 9.59 Å². The highest BCUT2D eigenvalue weighted by molar-refractivity contribution is 7.99. The van der Waals surface area contributed by atoms with Crippen molar-refractivity contribution in [3.8, 4) is 0 Å². The summed E-state index contributed by atoms with van der Waals surface area (Å²) in [7, 11) is 0. The van der Waals surface area contributed by atoms with Crippen molar-refractivity contribution >= 4 is 23.6 Å². The van der Waals surface area contributed by atoms with Gasteiger partial charge in [0.25, 0.3) is 0 Å². The summed E-state index contributed by atoms with van der Waals surface area (Å²) >= 11 is 1.67. The Hall–Kier alpha value is -1.56. The molecule has 0 radical (unpaired) electrons. The van der Waals surface area contributed by atoms with E-state index in [0.717, 1.165) is 17.9 Å². The van der Waals surface area contributed by atoms with E-state index in [2.05, 4.69) is 10.3 Å². The highest BCUT2D eigenvalue weighted by atomic mass is 32.2. The first-order valence-corrected chi connectivity index (χ1v) is 7.22. The quantitative estimate of drug-likeness (QED) is 0.703. The van der Waals surface area contributed by atoms with Gasteiger partial charge in [0.05, 0.1) is 0 Å². The number of carbonyl (C=O) groups excluding carboxylic acids is 1. The van der Waals surface area contributed by atoms with Crippen LogP contribution >= 0.6 is 11.8 Å². The Morgan fingerprint density at radius 1 is 1.42 bits per heavy atom. The van der Waals surface area contributed by atoms with E-state index in [4.69, 9.17) is 5.11 Å². The maximum absolute atomic E-state index is 10.9. The fraction of sp³-hybridized carbons (Fsp3) is 0.462. The molecule has 0 saturated carbocycles. The van der Waals surface area contributed by atoms with Gasteiger partial charge in [0, 0.05) is 18.8 Å². The summed E-state index contributed by atoms with van der Waals surface area (Å²) in [4.78, 5) is 25.9. The van der Waals surface area contributed by atoms with Crippen molar-refractivity contribution in [2.24, 2.45) is 0 Å². The maximum atomic E-state index is 10.9. The molecule has 0 saturated heterocycles. The van der Waals surface area contributed by atoms with E-state index in [1.54, 1.807) is 18.0 Å². The minimum absolute atomic E-state index is 0.314. The standard InChI is InChI=1S/C13H18N2O3S/c1-10(16)15-12(13(17)18)6-9-19-8-5-11-4-2-3-7-14-11/h2-4,7,12H,5-6,8-9H2,1H3,(H,15,16)(H,17,18). The minimum atomic E-state index is -0.986. The molecule has 0 aromatic carbocycles. The van der Waals surface area contributed by atoms with Crippen LogP contribution in [0.2, 0.25) is 0 Å². The van der Waals surface area contributed by atoms with Crippen molar-refractivity contribution < 1.29 is 14.7 Å². The van der Waals surface area contributed by atoms with Crippen LogP contribution < -0.4 is 5.32 Å². The Morgan fingerprint density at radius 3 is 2.79 bits per heavy atom. The van der Waals surface area contributed by atoms with Gasteiger partial charge in [0.2, 0.25) is 5.91 Å². The lowest BCUT2D eigenvalue weighted by molar-refractivity contribution is -0.141. The van der Waals surface area contributed by atoms with Crippen molar-refractivity contribution in [2.75, 3.05) is 11.5 Å². The molecule has 2 N–H and O–H groups in total. The third-order valence-electron chi connectivity index (χ3n) is 2.46. The average molecular weight is 282 g/mol. The summed E-state index contributed by atoms with van der Waals surface area (Å²) in [5.41, 5.74) is 1.03. The molecule has 0 aliphatic rings. The van der Waals surface area contributed by atoms with Gasteiger partial charge in [-0.1, -0.05) is 6.07 Å². The fourth-order valence-corrected chi connectivity index (χ4v) is 2.49. The number of carbonyl (C=O) groups is 2. The molecule has 0 fully saturated rings. The molecule has 1 atom stereocenters. The van der Waals surface area contributed by atoms with Gasteiger partial charge in [-0.05, 0) is 36.5 Å². The predicted octanol–water partition coefficient (Wildman–Crippen LogP) is 1.34. The van der Waals surface area contributed by atoms with Crippen molar-refractivity contribution in [1.82, 2.24) is 10.3 Å². The third kappa shape index (κ3) is 6.81. The molecule has 1 amide bonds. The van der Waals surface area contributed by atoms with Crippen molar-refractivity contribution in [1.29, 1.82) is 0 Å². The van der Waals surface area contributed by atoms with E-state index in [-0.39, 0.29) is 5.91 Å². The van der Waals surface area contributed by atoms with Gasteiger partial charge >= 0.3 is 5.97 Å². The van der Waals surface area contributed by atoms with Crippen LogP contribution in [0, 0.1) is 0 Å². The highest BCUT2D eigenvalue weighted by Gasteiger charge is 2.17. The molecule has 5 nitrogen and oxygen atoms in total. The van der Waals surface area contributed by atoms with Crippen LogP contribution in [-0.4, -0.2) is 39.5 Å². The van der Waals surface area contributed by atoms with Gasteiger partial charge in [-0.25, -0.2) is 4.79 Å². The number of thioether (sulfide) groups is 1. The number of nitrogens with one attached hydrogen (secondary N) is 1. The molecular weight excluding hydrogens is 264 g/mol. The molecule has 104 valence electrons. The normalized spacial score (nSPS) is 11.8. The zero-order valence-electron chi connectivity index (χ0n) is 10.8. The molecule has 0 spiro atoms. The first-order chi connectivity index (χ1) is 9.09. The van der Waals surface area contributed by atoms with Crippen LogP contribution in [0.25, 0.3) is 0 Å². The van der Waals surface area contributed by atoms with Gasteiger partial charge in [0.15, 0.2) is 0 Å². The first-order valence-electron chi connectivity index (χ1n) is 6.07. The zero-order chi connectivity index (χ0) is 14.1. The van der Waals surface area contributed by atoms with Gasteiger partial charge in [-0.15, -0.1) is 0 Å². The number of hydrogen-bond donors (Lipinski definition) is 2. The molecule has 0 aliphatic heterocycles. The molecular formula is C13H18N2O3S. The lowest BCUT2D eigenvalue weighted by Gasteiger charge is -2.12. The summed E-state index contributed by atoms with van der Waals surface area (Å²) in [5.74, 6) is 0.291. The molecule has 19 heavy (non-hydrogen) atoms. The predicted molar refractivity (Wildman–Crippen MR) is 75.1 cm³/mol. The Labute approximate surface area is 116 Å². The molecule has 1 unspecified atom stereocenters. The number of amides is 1. The van der Waals surface area contributed by atoms with Crippen LogP contribution in [0.4, 0.5) is 0 Å². The van der Waals surface area contributed by atoms with Crippen LogP contribution in [0.15, 0.2) is 24.4 Å². The zero-order valence-corrected chi connectivity index (χ0v) is 11.7. The van der Waals surface area contributed by atoms with Gasteiger partial charge in [-0.3, -0.25) is 9.78 Å².